The van der Waals surface area contributed by atoms with Crippen molar-refractivity contribution in [3.05, 3.63) is 22.4 Å². The van der Waals surface area contributed by atoms with Crippen LogP contribution in [0.2, 0.25) is 0 Å². The third-order valence-electron chi connectivity index (χ3n) is 0.606. The third-order valence-corrected chi connectivity index (χ3v) is 1.32. The van der Waals surface area contributed by atoms with Crippen molar-refractivity contribution in [2.75, 3.05) is 0 Å². The summed E-state index contributed by atoms with van der Waals surface area (Å²) in [6.45, 7) is 2.04. The molecule has 0 fully saturated rings. The van der Waals surface area contributed by atoms with E-state index in [4.69, 9.17) is 0 Å². The molecule has 0 saturated carbocycles. The van der Waals surface area contributed by atoms with Gasteiger partial charge in [-0.05, 0) is 0 Å². The Kier molecular flexibility index (Phi) is 8.59. The van der Waals surface area contributed by atoms with Crippen LogP contribution >= 0.6 is 11.3 Å². The molecule has 1 heterocycles. The van der Waals surface area contributed by atoms with Crippen molar-refractivity contribution >= 4 is 11.3 Å². The van der Waals surface area contributed by atoms with Gasteiger partial charge in [-0.3, -0.25) is 0 Å². The molecule has 0 aliphatic heterocycles. The third kappa shape index (κ3) is 3.76. The van der Waals surface area contributed by atoms with Gasteiger partial charge in [0.2, 0.25) is 0 Å². The zero-order chi connectivity index (χ0) is 4.41. The first-order valence-electron chi connectivity index (χ1n) is 1.81. The molecule has 1 rings (SSSR count). The summed E-state index contributed by atoms with van der Waals surface area (Å²) in [5, 5.41) is 5.06. The largest absolute Gasteiger partial charge is 2.00 e. The summed E-state index contributed by atoms with van der Waals surface area (Å²) in [5.41, 5.74) is 1.24. The van der Waals surface area contributed by atoms with E-state index < -0.39 is 0 Å². The average Bonchev–Trinajstić information content (AvgIpc) is 1.86. The standard InChI is InChI=1S/C5H5S.BrH.Zn/c1-5-2-3-6-4-5;;/h2-3H,1H3;1H;/q-1;;+2/p-1. The molecule has 1 aromatic heterocycles. The summed E-state index contributed by atoms with van der Waals surface area (Å²) in [7, 11) is 0. The summed E-state index contributed by atoms with van der Waals surface area (Å²) in [4.78, 5) is 0. The molecule has 0 bridgehead atoms. The van der Waals surface area contributed by atoms with E-state index in [9.17, 15) is 0 Å². The van der Waals surface area contributed by atoms with Crippen LogP contribution in [0.1, 0.15) is 5.56 Å². The second kappa shape index (κ2) is 5.93. The molecule has 0 aliphatic rings. The van der Waals surface area contributed by atoms with Gasteiger partial charge in [0.25, 0.3) is 0 Å². The molecular weight excluding hydrogens is 237 g/mol. The van der Waals surface area contributed by atoms with Crippen LogP contribution in [-0.4, -0.2) is 0 Å². The van der Waals surface area contributed by atoms with Gasteiger partial charge in [-0.2, -0.15) is 10.9 Å². The minimum absolute atomic E-state index is 0. The number of halogens is 1. The molecule has 0 spiro atoms. The van der Waals surface area contributed by atoms with Crippen LogP contribution in [0, 0.1) is 12.3 Å². The SMILES string of the molecule is Cc1[c-]scc1.[Br-].[Zn+2]. The maximum Gasteiger partial charge on any atom is 2.00 e. The van der Waals surface area contributed by atoms with Crippen molar-refractivity contribution < 1.29 is 36.5 Å². The van der Waals surface area contributed by atoms with Crippen molar-refractivity contribution in [3.63, 3.8) is 0 Å². The van der Waals surface area contributed by atoms with Gasteiger partial charge in [-0.15, -0.1) is 5.38 Å². The summed E-state index contributed by atoms with van der Waals surface area (Å²) in [6.07, 6.45) is 0. The van der Waals surface area contributed by atoms with Crippen LogP contribution in [0.3, 0.4) is 0 Å². The van der Waals surface area contributed by atoms with Gasteiger partial charge in [0.05, 0.1) is 0 Å². The minimum atomic E-state index is 0. The van der Waals surface area contributed by atoms with E-state index in [0.717, 1.165) is 0 Å². The number of rotatable bonds is 0. The first-order chi connectivity index (χ1) is 2.89. The second-order valence-electron chi connectivity index (χ2n) is 1.21. The molecule has 40 valence electrons. The van der Waals surface area contributed by atoms with Crippen LogP contribution in [0.4, 0.5) is 0 Å². The van der Waals surface area contributed by atoms with Crippen molar-refractivity contribution in [2.45, 2.75) is 6.92 Å². The number of thiophene rings is 1. The van der Waals surface area contributed by atoms with E-state index in [-0.39, 0.29) is 36.5 Å². The molecule has 3 heteroatoms. The Hall–Kier alpha value is 0.803. The molecule has 0 atom stereocenters. The monoisotopic (exact) mass is 240 g/mol. The second-order valence-corrected chi connectivity index (χ2v) is 1.92. The Morgan fingerprint density at radius 3 is 2.38 bits per heavy atom. The summed E-state index contributed by atoms with van der Waals surface area (Å²) < 4.78 is 0. The molecule has 0 nitrogen and oxygen atoms in total. The van der Waals surface area contributed by atoms with E-state index in [1.165, 1.54) is 5.56 Å². The fourth-order valence-electron chi connectivity index (χ4n) is 0.297. The Morgan fingerprint density at radius 1 is 1.62 bits per heavy atom. The molecule has 0 aromatic carbocycles. The van der Waals surface area contributed by atoms with Crippen molar-refractivity contribution in [1.82, 2.24) is 0 Å². The zero-order valence-corrected chi connectivity index (χ0v) is 10.0. The maximum atomic E-state index is 3.04. The minimum Gasteiger partial charge on any atom is -1.00 e. The van der Waals surface area contributed by atoms with Crippen LogP contribution in [0.25, 0.3) is 0 Å². The van der Waals surface area contributed by atoms with Crippen LogP contribution in [0.5, 0.6) is 0 Å². The topological polar surface area (TPSA) is 0 Å². The fraction of sp³-hybridized carbons (Fsp3) is 0.200. The summed E-state index contributed by atoms with van der Waals surface area (Å²) in [6, 6.07) is 2.05. The number of aryl methyl sites for hydroxylation is 1. The van der Waals surface area contributed by atoms with E-state index in [1.807, 2.05) is 18.4 Å². The van der Waals surface area contributed by atoms with Crippen molar-refractivity contribution in [3.8, 4) is 0 Å². The summed E-state index contributed by atoms with van der Waals surface area (Å²) in [5.74, 6) is 0. The molecule has 0 aliphatic carbocycles. The fourth-order valence-corrected chi connectivity index (χ4v) is 0.891. The Morgan fingerprint density at radius 2 is 2.25 bits per heavy atom. The Balaban J connectivity index is 0. The van der Waals surface area contributed by atoms with Gasteiger partial charge in [0.15, 0.2) is 0 Å². The van der Waals surface area contributed by atoms with Crippen LogP contribution in [-0.2, 0) is 19.5 Å². The Labute approximate surface area is 76.8 Å². The number of hydrogen-bond donors (Lipinski definition) is 0. The first-order valence-corrected chi connectivity index (χ1v) is 2.69. The Bertz CT molecular complexity index is 116. The van der Waals surface area contributed by atoms with E-state index in [2.05, 4.69) is 5.38 Å². The number of hydrogen-bond acceptors (Lipinski definition) is 1. The van der Waals surface area contributed by atoms with Gasteiger partial charge in [-0.25, -0.2) is 6.07 Å². The first kappa shape index (κ1) is 11.6. The average molecular weight is 242 g/mol. The molecule has 0 radical (unpaired) electrons. The quantitative estimate of drug-likeness (QED) is 0.398. The van der Waals surface area contributed by atoms with E-state index in [0.29, 0.717) is 0 Å². The predicted octanol–water partition coefficient (Wildman–Crippen LogP) is -1.14. The van der Waals surface area contributed by atoms with Gasteiger partial charge in [0, 0.05) is 0 Å². The van der Waals surface area contributed by atoms with Crippen molar-refractivity contribution in [2.24, 2.45) is 0 Å². The van der Waals surface area contributed by atoms with Crippen molar-refractivity contribution in [1.29, 1.82) is 0 Å². The van der Waals surface area contributed by atoms with Crippen LogP contribution < -0.4 is 17.0 Å². The predicted molar refractivity (Wildman–Crippen MR) is 27.9 cm³/mol. The molecule has 8 heavy (non-hydrogen) atoms. The zero-order valence-electron chi connectivity index (χ0n) is 4.65. The summed E-state index contributed by atoms with van der Waals surface area (Å²) >= 11 is 1.61. The normalized spacial score (nSPS) is 6.62. The van der Waals surface area contributed by atoms with Gasteiger partial charge in [-0.1, -0.05) is 6.92 Å². The molecule has 1 aromatic rings. The maximum absolute atomic E-state index is 3.04. The van der Waals surface area contributed by atoms with Gasteiger partial charge in [0.1, 0.15) is 0 Å². The molecule has 0 unspecified atom stereocenters. The smallest absolute Gasteiger partial charge is 1.00 e. The molecule has 0 amide bonds. The molecular formula is C5H5BrSZn. The van der Waals surface area contributed by atoms with Gasteiger partial charge < -0.3 is 28.3 Å². The van der Waals surface area contributed by atoms with Gasteiger partial charge >= 0.3 is 19.5 Å². The molecule has 0 N–H and O–H groups in total. The van der Waals surface area contributed by atoms with E-state index >= 15 is 0 Å². The van der Waals surface area contributed by atoms with Crippen LogP contribution in [0.15, 0.2) is 11.4 Å². The molecule has 0 saturated heterocycles. The van der Waals surface area contributed by atoms with E-state index in [1.54, 1.807) is 11.3 Å².